The number of nitrogens with zero attached hydrogens (tertiary/aromatic N) is 2. The second-order valence-electron chi connectivity index (χ2n) is 3.91. The Labute approximate surface area is 114 Å². The van der Waals surface area contributed by atoms with Gasteiger partial charge >= 0.3 is 0 Å². The SMILES string of the molecule is CC(C)Oc1cccnc1Oc1cncc(Br)c1. The summed E-state index contributed by atoms with van der Waals surface area (Å²) in [4.78, 5) is 8.20. The van der Waals surface area contributed by atoms with Gasteiger partial charge in [0, 0.05) is 16.9 Å². The smallest absolute Gasteiger partial charge is 0.262 e. The monoisotopic (exact) mass is 308 g/mol. The highest BCUT2D eigenvalue weighted by atomic mass is 79.9. The number of hydrogen-bond acceptors (Lipinski definition) is 4. The molecule has 0 aliphatic rings. The number of aromatic nitrogens is 2. The zero-order chi connectivity index (χ0) is 13.0. The van der Waals surface area contributed by atoms with Gasteiger partial charge in [-0.15, -0.1) is 0 Å². The molecule has 0 aliphatic heterocycles. The lowest BCUT2D eigenvalue weighted by Gasteiger charge is -2.13. The number of ether oxygens (including phenoxy) is 2. The first-order valence-corrected chi connectivity index (χ1v) is 6.34. The van der Waals surface area contributed by atoms with Crippen LogP contribution in [0.2, 0.25) is 0 Å². The minimum Gasteiger partial charge on any atom is -0.485 e. The van der Waals surface area contributed by atoms with Crippen LogP contribution in [0, 0.1) is 0 Å². The summed E-state index contributed by atoms with van der Waals surface area (Å²) in [6.45, 7) is 3.91. The molecule has 0 saturated carbocycles. The Kier molecular flexibility index (Phi) is 4.15. The van der Waals surface area contributed by atoms with Crippen molar-refractivity contribution in [3.05, 3.63) is 41.3 Å². The van der Waals surface area contributed by atoms with Gasteiger partial charge < -0.3 is 9.47 Å². The van der Waals surface area contributed by atoms with E-state index in [1.165, 1.54) is 0 Å². The van der Waals surface area contributed by atoms with Crippen LogP contribution in [0.25, 0.3) is 0 Å². The molecule has 0 atom stereocenters. The average Bonchev–Trinajstić information content (AvgIpc) is 2.31. The quantitative estimate of drug-likeness (QED) is 0.861. The summed E-state index contributed by atoms with van der Waals surface area (Å²) in [7, 11) is 0. The summed E-state index contributed by atoms with van der Waals surface area (Å²) < 4.78 is 12.1. The molecular formula is C13H13BrN2O2. The molecule has 94 valence electrons. The highest BCUT2D eigenvalue weighted by Gasteiger charge is 2.09. The van der Waals surface area contributed by atoms with Crippen LogP contribution in [0.1, 0.15) is 13.8 Å². The lowest BCUT2D eigenvalue weighted by Crippen LogP contribution is -2.07. The average molecular weight is 309 g/mol. The van der Waals surface area contributed by atoms with Crippen molar-refractivity contribution in [3.63, 3.8) is 0 Å². The van der Waals surface area contributed by atoms with Crippen molar-refractivity contribution in [1.82, 2.24) is 9.97 Å². The van der Waals surface area contributed by atoms with Gasteiger partial charge in [-0.1, -0.05) is 0 Å². The van der Waals surface area contributed by atoms with Crippen LogP contribution < -0.4 is 9.47 Å². The van der Waals surface area contributed by atoms with Crippen LogP contribution >= 0.6 is 15.9 Å². The van der Waals surface area contributed by atoms with Crippen LogP contribution in [-0.2, 0) is 0 Å². The van der Waals surface area contributed by atoms with Gasteiger partial charge in [0.1, 0.15) is 5.75 Å². The molecule has 2 heterocycles. The maximum Gasteiger partial charge on any atom is 0.262 e. The second-order valence-corrected chi connectivity index (χ2v) is 4.83. The number of rotatable bonds is 4. The Bertz CT molecular complexity index is 532. The van der Waals surface area contributed by atoms with E-state index in [1.54, 1.807) is 18.6 Å². The van der Waals surface area contributed by atoms with Crippen molar-refractivity contribution < 1.29 is 9.47 Å². The van der Waals surface area contributed by atoms with Gasteiger partial charge in [-0.3, -0.25) is 4.98 Å². The molecule has 0 fully saturated rings. The van der Waals surface area contributed by atoms with Crippen LogP contribution in [0.3, 0.4) is 0 Å². The van der Waals surface area contributed by atoms with E-state index >= 15 is 0 Å². The molecule has 0 unspecified atom stereocenters. The van der Waals surface area contributed by atoms with Gasteiger partial charge in [0.05, 0.1) is 12.3 Å². The van der Waals surface area contributed by atoms with E-state index in [0.717, 1.165) is 4.47 Å². The third kappa shape index (κ3) is 3.43. The molecule has 0 amide bonds. The van der Waals surface area contributed by atoms with Crippen molar-refractivity contribution in [2.24, 2.45) is 0 Å². The number of hydrogen-bond donors (Lipinski definition) is 0. The lowest BCUT2D eigenvalue weighted by molar-refractivity contribution is 0.231. The minimum atomic E-state index is 0.0668. The Hall–Kier alpha value is -1.62. The molecule has 18 heavy (non-hydrogen) atoms. The first-order chi connectivity index (χ1) is 8.65. The van der Waals surface area contributed by atoms with Crippen molar-refractivity contribution >= 4 is 15.9 Å². The molecule has 2 aromatic rings. The maximum absolute atomic E-state index is 5.66. The van der Waals surface area contributed by atoms with Crippen LogP contribution in [0.4, 0.5) is 0 Å². The summed E-state index contributed by atoms with van der Waals surface area (Å²) >= 11 is 3.34. The summed E-state index contributed by atoms with van der Waals surface area (Å²) in [5.74, 6) is 1.66. The molecule has 4 nitrogen and oxygen atoms in total. The lowest BCUT2D eigenvalue weighted by atomic mass is 10.4. The molecule has 0 N–H and O–H groups in total. The molecule has 2 aromatic heterocycles. The second kappa shape index (κ2) is 5.82. The van der Waals surface area contributed by atoms with Gasteiger partial charge in [0.25, 0.3) is 5.88 Å². The number of pyridine rings is 2. The van der Waals surface area contributed by atoms with E-state index in [-0.39, 0.29) is 6.10 Å². The minimum absolute atomic E-state index is 0.0668. The van der Waals surface area contributed by atoms with E-state index in [1.807, 2.05) is 32.0 Å². The van der Waals surface area contributed by atoms with E-state index in [2.05, 4.69) is 25.9 Å². The highest BCUT2D eigenvalue weighted by molar-refractivity contribution is 9.10. The van der Waals surface area contributed by atoms with Crippen LogP contribution in [0.15, 0.2) is 41.3 Å². The van der Waals surface area contributed by atoms with E-state index in [4.69, 9.17) is 9.47 Å². The van der Waals surface area contributed by atoms with E-state index in [9.17, 15) is 0 Å². The topological polar surface area (TPSA) is 44.2 Å². The first kappa shape index (κ1) is 12.8. The van der Waals surface area contributed by atoms with Crippen LogP contribution in [-0.4, -0.2) is 16.1 Å². The molecule has 0 spiro atoms. The fourth-order valence-corrected chi connectivity index (χ4v) is 1.70. The Morgan fingerprint density at radius 2 is 2.11 bits per heavy atom. The van der Waals surface area contributed by atoms with E-state index in [0.29, 0.717) is 17.4 Å². The fraction of sp³-hybridized carbons (Fsp3) is 0.231. The maximum atomic E-state index is 5.66. The van der Waals surface area contributed by atoms with E-state index < -0.39 is 0 Å². The molecule has 0 radical (unpaired) electrons. The van der Waals surface area contributed by atoms with Gasteiger partial charge in [-0.2, -0.15) is 0 Å². The summed E-state index contributed by atoms with van der Waals surface area (Å²) in [6.07, 6.45) is 5.04. The zero-order valence-electron chi connectivity index (χ0n) is 10.1. The fourth-order valence-electron chi connectivity index (χ4n) is 1.36. The Morgan fingerprint density at radius 1 is 1.28 bits per heavy atom. The predicted octanol–water partition coefficient (Wildman–Crippen LogP) is 3.82. The van der Waals surface area contributed by atoms with Crippen molar-refractivity contribution in [3.8, 4) is 17.4 Å². The molecule has 0 aliphatic carbocycles. The zero-order valence-corrected chi connectivity index (χ0v) is 11.7. The summed E-state index contributed by atoms with van der Waals surface area (Å²) in [5, 5.41) is 0. The van der Waals surface area contributed by atoms with Gasteiger partial charge in [0.15, 0.2) is 5.75 Å². The molecule has 0 saturated heterocycles. The highest BCUT2D eigenvalue weighted by Crippen LogP contribution is 2.30. The predicted molar refractivity (Wildman–Crippen MR) is 72.0 cm³/mol. The molecular weight excluding hydrogens is 296 g/mol. The third-order valence-corrected chi connectivity index (χ3v) is 2.43. The van der Waals surface area contributed by atoms with Crippen molar-refractivity contribution in [2.75, 3.05) is 0 Å². The Morgan fingerprint density at radius 3 is 2.83 bits per heavy atom. The molecule has 0 bridgehead atoms. The van der Waals surface area contributed by atoms with Gasteiger partial charge in [-0.05, 0) is 48.0 Å². The number of halogens is 1. The molecule has 5 heteroatoms. The summed E-state index contributed by atoms with van der Waals surface area (Å²) in [6, 6.07) is 5.46. The Balaban J connectivity index is 2.23. The normalized spacial score (nSPS) is 10.4. The van der Waals surface area contributed by atoms with Gasteiger partial charge in [0.2, 0.25) is 0 Å². The molecule has 2 rings (SSSR count). The standard InChI is InChI=1S/C13H13BrN2O2/c1-9(2)17-12-4-3-5-16-13(12)18-11-6-10(14)7-15-8-11/h3-9H,1-2H3. The summed E-state index contributed by atoms with van der Waals surface area (Å²) in [5.41, 5.74) is 0. The van der Waals surface area contributed by atoms with Crippen molar-refractivity contribution in [2.45, 2.75) is 20.0 Å². The largest absolute Gasteiger partial charge is 0.485 e. The first-order valence-electron chi connectivity index (χ1n) is 5.55. The molecule has 0 aromatic carbocycles. The van der Waals surface area contributed by atoms with Crippen LogP contribution in [0.5, 0.6) is 17.4 Å². The van der Waals surface area contributed by atoms with Crippen molar-refractivity contribution in [1.29, 1.82) is 0 Å². The third-order valence-electron chi connectivity index (χ3n) is 1.99. The van der Waals surface area contributed by atoms with Gasteiger partial charge in [-0.25, -0.2) is 4.98 Å².